The minimum atomic E-state index is -1.13. The van der Waals surface area contributed by atoms with Crippen LogP contribution in [-0.2, 0) is 26.2 Å². The molecule has 316 valence electrons. The molecular formula is C38H56ClF2N8O8+. The minimum Gasteiger partial charge on any atom is -0.494 e. The summed E-state index contributed by atoms with van der Waals surface area (Å²) in [6.07, 6.45) is 5.02. The Balaban J connectivity index is 0.000000493. The zero-order chi connectivity index (χ0) is 42.9. The number of carbonyl (C=O) groups excluding carboxylic acids is 4. The molecule has 0 spiro atoms. The molecule has 2 aromatic carbocycles. The number of piperazine rings is 1. The van der Waals surface area contributed by atoms with Gasteiger partial charge in [0.15, 0.2) is 30.2 Å². The number of aromatic nitrogens is 2. The highest BCUT2D eigenvalue weighted by molar-refractivity contribution is 6.33. The number of quaternary nitrogens is 1. The van der Waals surface area contributed by atoms with Crippen molar-refractivity contribution in [2.75, 3.05) is 85.5 Å². The Morgan fingerprint density at radius 3 is 2.16 bits per heavy atom. The molecule has 19 heteroatoms. The number of carboxylic acids is 1. The Labute approximate surface area is 337 Å². The summed E-state index contributed by atoms with van der Waals surface area (Å²) >= 11 is 5.94. The van der Waals surface area contributed by atoms with Crippen LogP contribution < -0.4 is 26.4 Å². The van der Waals surface area contributed by atoms with Crippen LogP contribution in [0.3, 0.4) is 0 Å². The number of halogens is 3. The summed E-state index contributed by atoms with van der Waals surface area (Å²) in [4.78, 5) is 64.3. The van der Waals surface area contributed by atoms with Gasteiger partial charge in [-0.05, 0) is 56.9 Å². The van der Waals surface area contributed by atoms with Crippen molar-refractivity contribution in [3.8, 4) is 17.0 Å². The topological polar surface area (TPSA) is 217 Å². The average Bonchev–Trinajstić information content (AvgIpc) is 3.59. The van der Waals surface area contributed by atoms with E-state index in [0.29, 0.717) is 38.0 Å². The van der Waals surface area contributed by atoms with Crippen molar-refractivity contribution in [3.05, 3.63) is 64.6 Å². The standard InChI is InChI=1S/C19H14ClF2N3O3.C14H28N4O3.C3H9N.C2H4O2/c1-25-14(12-5-6-15(28-2)17(22)16(12)21)8-23-18(25)19(27)24-11-4-3-10(9-26)13(20)7-11;1-16-8-10-18(11-9-16)13(19)4-2-6-17(7-3-5-15)12-14(20)21;1-2-3-4;1-4-2-3/h3-9H,1-2H3,(H,24,27);2-12,15H2,1H3,(H,20,21);2-4H2,1H3;2H,1H3/p+1. The van der Waals surface area contributed by atoms with E-state index < -0.39 is 23.5 Å². The first kappa shape index (κ1) is 50.0. The molecule has 0 radical (unpaired) electrons. The number of methoxy groups -OCH3 is 2. The van der Waals surface area contributed by atoms with Crippen LogP contribution in [-0.4, -0.2) is 135 Å². The molecule has 1 atom stereocenters. The second kappa shape index (κ2) is 27.6. The van der Waals surface area contributed by atoms with E-state index in [-0.39, 0.29) is 45.9 Å². The van der Waals surface area contributed by atoms with Crippen molar-refractivity contribution in [3.63, 3.8) is 0 Å². The number of anilines is 1. The molecule has 57 heavy (non-hydrogen) atoms. The third-order valence-electron chi connectivity index (χ3n) is 8.42. The normalized spacial score (nSPS) is 12.6. The first-order valence-electron chi connectivity index (χ1n) is 18.2. The average molecular weight is 826 g/mol. The summed E-state index contributed by atoms with van der Waals surface area (Å²) in [6.45, 7) is 8.85. The summed E-state index contributed by atoms with van der Waals surface area (Å²) < 4.78 is 38.3. The summed E-state index contributed by atoms with van der Waals surface area (Å²) in [5, 5.41) is 11.7. The van der Waals surface area contributed by atoms with E-state index in [9.17, 15) is 28.0 Å². The van der Waals surface area contributed by atoms with Crippen molar-refractivity contribution in [2.45, 2.75) is 32.6 Å². The summed E-state index contributed by atoms with van der Waals surface area (Å²) in [5.74, 6) is -3.68. The molecule has 7 N–H and O–H groups in total. The van der Waals surface area contributed by atoms with Crippen LogP contribution in [0.25, 0.3) is 11.3 Å². The molecule has 16 nitrogen and oxygen atoms in total. The number of hydrogen-bond acceptors (Lipinski definition) is 11. The van der Waals surface area contributed by atoms with Gasteiger partial charge in [0.25, 0.3) is 12.4 Å². The molecule has 1 fully saturated rings. The van der Waals surface area contributed by atoms with Gasteiger partial charge in [-0.2, -0.15) is 4.39 Å². The van der Waals surface area contributed by atoms with Gasteiger partial charge in [0, 0.05) is 69.3 Å². The summed E-state index contributed by atoms with van der Waals surface area (Å²) in [7, 11) is 6.11. The first-order chi connectivity index (χ1) is 27.2. The number of carbonyl (C=O) groups is 5. The van der Waals surface area contributed by atoms with Crippen LogP contribution >= 0.6 is 11.6 Å². The number of nitrogens with one attached hydrogen (secondary N) is 2. The van der Waals surface area contributed by atoms with Crippen LogP contribution in [0, 0.1) is 11.6 Å². The van der Waals surface area contributed by atoms with E-state index in [1.807, 2.05) is 4.90 Å². The van der Waals surface area contributed by atoms with Crippen LogP contribution in [0.2, 0.25) is 5.02 Å². The zero-order valence-corrected chi connectivity index (χ0v) is 33.9. The fraction of sp³-hybridized carbons (Fsp3) is 0.474. The molecule has 3 aromatic rings. The zero-order valence-electron chi connectivity index (χ0n) is 33.2. The van der Waals surface area contributed by atoms with Crippen molar-refractivity contribution in [1.29, 1.82) is 0 Å². The lowest BCUT2D eigenvalue weighted by Crippen LogP contribution is -3.13. The van der Waals surface area contributed by atoms with Gasteiger partial charge in [-0.1, -0.05) is 18.5 Å². The number of carboxylic acid groups (broad SMARTS) is 1. The number of aldehydes is 1. The minimum absolute atomic E-state index is 0.0267. The molecule has 1 aromatic heterocycles. The second-order valence-corrected chi connectivity index (χ2v) is 13.1. The Morgan fingerprint density at radius 2 is 1.63 bits per heavy atom. The number of amides is 2. The number of ether oxygens (including phenoxy) is 2. The lowest BCUT2D eigenvalue weighted by atomic mass is 10.1. The van der Waals surface area contributed by atoms with Crippen LogP contribution in [0.5, 0.6) is 5.75 Å². The van der Waals surface area contributed by atoms with Gasteiger partial charge in [0.05, 0.1) is 44.2 Å². The lowest BCUT2D eigenvalue weighted by Gasteiger charge is -2.32. The second-order valence-electron chi connectivity index (χ2n) is 12.6. The van der Waals surface area contributed by atoms with Crippen LogP contribution in [0.15, 0.2) is 36.5 Å². The largest absolute Gasteiger partial charge is 0.494 e. The number of nitrogens with two attached hydrogens (primary N) is 2. The van der Waals surface area contributed by atoms with Gasteiger partial charge in [0.1, 0.15) is 0 Å². The number of nitrogens with zero attached hydrogens (tertiary/aromatic N) is 4. The molecule has 2 amide bonds. The van der Waals surface area contributed by atoms with E-state index in [1.165, 1.54) is 62.4 Å². The number of hydrogen-bond donors (Lipinski definition) is 5. The van der Waals surface area contributed by atoms with E-state index in [2.05, 4.69) is 33.9 Å². The van der Waals surface area contributed by atoms with Gasteiger partial charge >= 0.3 is 5.97 Å². The van der Waals surface area contributed by atoms with Gasteiger partial charge in [-0.3, -0.25) is 19.2 Å². The predicted molar refractivity (Wildman–Crippen MR) is 213 cm³/mol. The van der Waals surface area contributed by atoms with E-state index in [1.54, 1.807) is 0 Å². The van der Waals surface area contributed by atoms with Gasteiger partial charge in [-0.25, -0.2) is 14.2 Å². The first-order valence-corrected chi connectivity index (χ1v) is 18.6. The molecule has 0 saturated carbocycles. The van der Waals surface area contributed by atoms with E-state index in [4.69, 9.17) is 37.7 Å². The third kappa shape index (κ3) is 17.3. The summed E-state index contributed by atoms with van der Waals surface area (Å²) in [5.41, 5.74) is 11.3. The molecular weight excluding hydrogens is 770 g/mol. The highest BCUT2D eigenvalue weighted by Crippen LogP contribution is 2.30. The van der Waals surface area contributed by atoms with Crippen molar-refractivity contribution in [2.24, 2.45) is 18.5 Å². The van der Waals surface area contributed by atoms with E-state index >= 15 is 0 Å². The molecule has 4 rings (SSSR count). The van der Waals surface area contributed by atoms with Crippen molar-refractivity contribution in [1.82, 2.24) is 19.4 Å². The molecule has 1 aliphatic heterocycles. The van der Waals surface area contributed by atoms with Gasteiger partial charge < -0.3 is 50.6 Å². The van der Waals surface area contributed by atoms with Gasteiger partial charge in [-0.15, -0.1) is 0 Å². The number of benzene rings is 2. The molecule has 0 bridgehead atoms. The number of rotatable bonds is 16. The maximum atomic E-state index is 14.3. The highest BCUT2D eigenvalue weighted by Gasteiger charge is 2.22. The molecule has 1 aliphatic rings. The Kier molecular flexibility index (Phi) is 24.2. The quantitative estimate of drug-likeness (QED) is 0.131. The molecule has 2 heterocycles. The fourth-order valence-corrected chi connectivity index (χ4v) is 5.44. The molecule has 1 saturated heterocycles. The Morgan fingerprint density at radius 1 is 1.00 bits per heavy atom. The molecule has 1 unspecified atom stereocenters. The maximum Gasteiger partial charge on any atom is 0.359 e. The van der Waals surface area contributed by atoms with E-state index in [0.717, 1.165) is 63.4 Å². The maximum absolute atomic E-state index is 14.3. The Bertz CT molecular complexity index is 1720. The Hall–Kier alpha value is -5.01. The number of aliphatic carboxylic acids is 1. The predicted octanol–water partition coefficient (Wildman–Crippen LogP) is 2.10. The van der Waals surface area contributed by atoms with Gasteiger partial charge in [0.2, 0.25) is 11.7 Å². The SMILES string of the molecule is CCCN.CN1CCN(C(=O)CCC[NH+](CCCN)CC(=O)O)CC1.COC=O.COc1ccc(-c2cnc(C(=O)Nc3ccc(C=O)c(Cl)c3)n2C)c(F)c1F. The summed E-state index contributed by atoms with van der Waals surface area (Å²) in [6, 6.07) is 7.02. The van der Waals surface area contributed by atoms with Crippen molar-refractivity contribution < 1.29 is 52.2 Å². The number of likely N-dealkylation sites (N-methyl/N-ethyl adjacent to an activating group) is 1. The highest BCUT2D eigenvalue weighted by atomic mass is 35.5. The lowest BCUT2D eigenvalue weighted by molar-refractivity contribution is -0.892. The molecule has 0 aliphatic carbocycles. The smallest absolute Gasteiger partial charge is 0.359 e. The van der Waals surface area contributed by atoms with Crippen LogP contribution in [0.4, 0.5) is 14.5 Å². The van der Waals surface area contributed by atoms with Crippen LogP contribution in [0.1, 0.15) is 53.6 Å². The number of imidazole rings is 1. The monoisotopic (exact) mass is 825 g/mol. The fourth-order valence-electron chi connectivity index (χ4n) is 5.22. The third-order valence-corrected chi connectivity index (χ3v) is 8.74. The van der Waals surface area contributed by atoms with Crippen molar-refractivity contribution >= 4 is 47.8 Å².